The van der Waals surface area contributed by atoms with Crippen LogP contribution in [0, 0.1) is 5.82 Å². The quantitative estimate of drug-likeness (QED) is 0.359. The third kappa shape index (κ3) is 7.39. The van der Waals surface area contributed by atoms with Gasteiger partial charge < -0.3 is 10.6 Å². The lowest BCUT2D eigenvalue weighted by atomic mass is 10.0. The van der Waals surface area contributed by atoms with Gasteiger partial charge in [-0.3, -0.25) is 4.90 Å². The molecule has 1 heterocycles. The SMILES string of the molecule is CCNC(=NCc1cccc(F)c1)NC1CCN(Cc2ccccc2)CC1.I. The normalized spacial score (nSPS) is 15.7. The van der Waals surface area contributed by atoms with E-state index in [1.165, 1.54) is 17.7 Å². The van der Waals surface area contributed by atoms with Crippen molar-refractivity contribution in [1.82, 2.24) is 15.5 Å². The molecule has 0 aromatic heterocycles. The molecule has 1 fully saturated rings. The molecule has 2 N–H and O–H groups in total. The molecule has 4 nitrogen and oxygen atoms in total. The number of rotatable bonds is 6. The molecule has 0 bridgehead atoms. The summed E-state index contributed by atoms with van der Waals surface area (Å²) in [5.41, 5.74) is 2.25. The number of nitrogens with zero attached hydrogens (tertiary/aromatic N) is 2. The molecule has 1 saturated heterocycles. The maximum Gasteiger partial charge on any atom is 0.191 e. The Morgan fingerprint density at radius 3 is 2.46 bits per heavy atom. The number of halogens is 2. The second-order valence-corrected chi connectivity index (χ2v) is 7.01. The molecule has 0 spiro atoms. The summed E-state index contributed by atoms with van der Waals surface area (Å²) in [6.45, 7) is 6.51. The molecule has 0 radical (unpaired) electrons. The maximum atomic E-state index is 13.3. The molecular formula is C22H30FIN4. The lowest BCUT2D eigenvalue weighted by molar-refractivity contribution is 0.198. The summed E-state index contributed by atoms with van der Waals surface area (Å²) in [7, 11) is 0. The van der Waals surface area contributed by atoms with Crippen LogP contribution in [0.15, 0.2) is 59.6 Å². The smallest absolute Gasteiger partial charge is 0.191 e. The van der Waals surface area contributed by atoms with Gasteiger partial charge in [-0.25, -0.2) is 9.38 Å². The number of hydrogen-bond acceptors (Lipinski definition) is 2. The van der Waals surface area contributed by atoms with Crippen LogP contribution in [-0.2, 0) is 13.1 Å². The predicted octanol–water partition coefficient (Wildman–Crippen LogP) is 4.16. The third-order valence-electron chi connectivity index (χ3n) is 4.83. The maximum absolute atomic E-state index is 13.3. The molecule has 1 aliphatic rings. The van der Waals surface area contributed by atoms with Crippen molar-refractivity contribution in [2.75, 3.05) is 19.6 Å². The number of guanidine groups is 1. The first-order chi connectivity index (χ1) is 13.2. The highest BCUT2D eigenvalue weighted by molar-refractivity contribution is 14.0. The summed E-state index contributed by atoms with van der Waals surface area (Å²) in [5, 5.41) is 6.84. The van der Waals surface area contributed by atoms with Crippen molar-refractivity contribution in [2.45, 2.75) is 38.9 Å². The monoisotopic (exact) mass is 496 g/mol. The second-order valence-electron chi connectivity index (χ2n) is 7.01. The zero-order chi connectivity index (χ0) is 18.9. The molecule has 0 aliphatic carbocycles. The Balaban J connectivity index is 0.00000280. The molecule has 0 saturated carbocycles. The van der Waals surface area contributed by atoms with Crippen LogP contribution in [0.1, 0.15) is 30.9 Å². The number of likely N-dealkylation sites (tertiary alicyclic amines) is 1. The van der Waals surface area contributed by atoms with Gasteiger partial charge in [0.15, 0.2) is 5.96 Å². The Morgan fingerprint density at radius 1 is 1.07 bits per heavy atom. The van der Waals surface area contributed by atoms with E-state index in [0.717, 1.165) is 50.5 Å². The molecule has 0 amide bonds. The van der Waals surface area contributed by atoms with E-state index in [2.05, 4.69) is 57.8 Å². The van der Waals surface area contributed by atoms with Gasteiger partial charge in [0.2, 0.25) is 0 Å². The molecule has 0 unspecified atom stereocenters. The van der Waals surface area contributed by atoms with Crippen LogP contribution in [0.2, 0.25) is 0 Å². The largest absolute Gasteiger partial charge is 0.357 e. The Kier molecular flexibility index (Phi) is 9.70. The first-order valence-electron chi connectivity index (χ1n) is 9.78. The fourth-order valence-corrected chi connectivity index (χ4v) is 3.40. The zero-order valence-corrected chi connectivity index (χ0v) is 18.7. The van der Waals surface area contributed by atoms with E-state index in [1.54, 1.807) is 6.07 Å². The highest BCUT2D eigenvalue weighted by Crippen LogP contribution is 2.14. The summed E-state index contributed by atoms with van der Waals surface area (Å²) in [6, 6.07) is 17.7. The van der Waals surface area contributed by atoms with Gasteiger partial charge in [0.05, 0.1) is 6.54 Å². The minimum absolute atomic E-state index is 0. The summed E-state index contributed by atoms with van der Waals surface area (Å²) in [6.07, 6.45) is 2.19. The van der Waals surface area contributed by atoms with E-state index in [-0.39, 0.29) is 29.8 Å². The second kappa shape index (κ2) is 12.0. The topological polar surface area (TPSA) is 39.7 Å². The number of aliphatic imine (C=N–C) groups is 1. The van der Waals surface area contributed by atoms with Crippen LogP contribution in [0.4, 0.5) is 4.39 Å². The summed E-state index contributed by atoms with van der Waals surface area (Å²) in [4.78, 5) is 7.12. The minimum atomic E-state index is -0.216. The molecule has 152 valence electrons. The number of hydrogen-bond donors (Lipinski definition) is 2. The minimum Gasteiger partial charge on any atom is -0.357 e. The van der Waals surface area contributed by atoms with Crippen molar-refractivity contribution in [3.8, 4) is 0 Å². The lowest BCUT2D eigenvalue weighted by Gasteiger charge is -2.33. The number of nitrogens with one attached hydrogen (secondary N) is 2. The molecule has 28 heavy (non-hydrogen) atoms. The van der Waals surface area contributed by atoms with Gasteiger partial charge in [-0.1, -0.05) is 42.5 Å². The average Bonchev–Trinajstić information content (AvgIpc) is 2.69. The van der Waals surface area contributed by atoms with Crippen molar-refractivity contribution in [2.24, 2.45) is 4.99 Å². The Hall–Kier alpha value is -1.67. The molecule has 1 aliphatic heterocycles. The third-order valence-corrected chi connectivity index (χ3v) is 4.83. The van der Waals surface area contributed by atoms with Crippen LogP contribution in [0.5, 0.6) is 0 Å². The molecule has 0 atom stereocenters. The van der Waals surface area contributed by atoms with Crippen LogP contribution >= 0.6 is 24.0 Å². The zero-order valence-electron chi connectivity index (χ0n) is 16.4. The summed E-state index contributed by atoms with van der Waals surface area (Å²) in [5.74, 6) is 0.592. The van der Waals surface area contributed by atoms with Crippen molar-refractivity contribution in [3.63, 3.8) is 0 Å². The standard InChI is InChI=1S/C22H29FN4.HI/c1-2-24-22(25-16-19-9-6-10-20(23)15-19)26-21-11-13-27(14-12-21)17-18-7-4-3-5-8-18;/h3-10,15,21H,2,11-14,16-17H2,1H3,(H2,24,25,26);1H. The molecule has 6 heteroatoms. The molecule has 2 aromatic carbocycles. The Morgan fingerprint density at radius 2 is 1.79 bits per heavy atom. The van der Waals surface area contributed by atoms with Gasteiger partial charge in [0, 0.05) is 32.2 Å². The van der Waals surface area contributed by atoms with Crippen LogP contribution in [0.3, 0.4) is 0 Å². The predicted molar refractivity (Wildman–Crippen MR) is 125 cm³/mol. The van der Waals surface area contributed by atoms with E-state index in [9.17, 15) is 4.39 Å². The lowest BCUT2D eigenvalue weighted by Crippen LogP contribution is -2.48. The number of piperidine rings is 1. The average molecular weight is 496 g/mol. The van der Waals surface area contributed by atoms with Crippen LogP contribution in [-0.4, -0.2) is 36.5 Å². The van der Waals surface area contributed by atoms with Crippen LogP contribution < -0.4 is 10.6 Å². The van der Waals surface area contributed by atoms with Crippen molar-refractivity contribution >= 4 is 29.9 Å². The van der Waals surface area contributed by atoms with Gasteiger partial charge in [-0.05, 0) is 43.0 Å². The molecule has 2 aromatic rings. The van der Waals surface area contributed by atoms with E-state index in [1.807, 2.05) is 6.07 Å². The van der Waals surface area contributed by atoms with E-state index >= 15 is 0 Å². The summed E-state index contributed by atoms with van der Waals surface area (Å²) < 4.78 is 13.3. The van der Waals surface area contributed by atoms with E-state index < -0.39 is 0 Å². The molecule has 3 rings (SSSR count). The number of benzene rings is 2. The van der Waals surface area contributed by atoms with Gasteiger partial charge in [0.1, 0.15) is 5.82 Å². The fourth-order valence-electron chi connectivity index (χ4n) is 3.40. The van der Waals surface area contributed by atoms with Gasteiger partial charge in [0.25, 0.3) is 0 Å². The van der Waals surface area contributed by atoms with E-state index in [4.69, 9.17) is 0 Å². The van der Waals surface area contributed by atoms with E-state index in [0.29, 0.717) is 12.6 Å². The first kappa shape index (κ1) is 22.6. The highest BCUT2D eigenvalue weighted by Gasteiger charge is 2.20. The van der Waals surface area contributed by atoms with Gasteiger partial charge >= 0.3 is 0 Å². The first-order valence-corrected chi connectivity index (χ1v) is 9.78. The van der Waals surface area contributed by atoms with Crippen molar-refractivity contribution in [3.05, 3.63) is 71.5 Å². The fraction of sp³-hybridized carbons (Fsp3) is 0.409. The van der Waals surface area contributed by atoms with Gasteiger partial charge in [-0.2, -0.15) is 0 Å². The van der Waals surface area contributed by atoms with Gasteiger partial charge in [-0.15, -0.1) is 24.0 Å². The Bertz CT molecular complexity index is 730. The summed E-state index contributed by atoms with van der Waals surface area (Å²) >= 11 is 0. The van der Waals surface area contributed by atoms with Crippen LogP contribution in [0.25, 0.3) is 0 Å². The highest BCUT2D eigenvalue weighted by atomic mass is 127. The van der Waals surface area contributed by atoms with Crippen molar-refractivity contribution in [1.29, 1.82) is 0 Å². The Labute approximate surface area is 184 Å². The van der Waals surface area contributed by atoms with Crippen molar-refractivity contribution < 1.29 is 4.39 Å². The molecular weight excluding hydrogens is 466 g/mol.